The number of hydrogen-bond donors (Lipinski definition) is 3. The minimum Gasteiger partial charge on any atom is -0.366 e. The van der Waals surface area contributed by atoms with Crippen LogP contribution in [0.2, 0.25) is 5.02 Å². The summed E-state index contributed by atoms with van der Waals surface area (Å²) in [5.41, 5.74) is 3.65. The van der Waals surface area contributed by atoms with Gasteiger partial charge < -0.3 is 10.7 Å². The Kier molecular flexibility index (Phi) is 4.76. The zero-order valence-electron chi connectivity index (χ0n) is 11.5. The first-order chi connectivity index (χ1) is 9.58. The second-order valence-electron chi connectivity index (χ2n) is 4.78. The first kappa shape index (κ1) is 14.6. The summed E-state index contributed by atoms with van der Waals surface area (Å²) in [7, 11) is 0. The van der Waals surface area contributed by atoms with E-state index in [0.717, 1.165) is 22.2 Å². The number of benzene rings is 1. The van der Waals surface area contributed by atoms with Gasteiger partial charge in [-0.25, -0.2) is 15.8 Å². The van der Waals surface area contributed by atoms with Crippen LogP contribution in [0, 0.1) is 0 Å². The van der Waals surface area contributed by atoms with E-state index in [2.05, 4.69) is 20.7 Å². The van der Waals surface area contributed by atoms with Gasteiger partial charge in [0, 0.05) is 23.6 Å². The molecule has 0 bridgehead atoms. The first-order valence-electron chi connectivity index (χ1n) is 6.42. The van der Waals surface area contributed by atoms with Gasteiger partial charge in [-0.05, 0) is 17.7 Å². The van der Waals surface area contributed by atoms with Gasteiger partial charge in [0.1, 0.15) is 17.5 Å². The predicted molar refractivity (Wildman–Crippen MR) is 82.7 cm³/mol. The lowest BCUT2D eigenvalue weighted by Crippen LogP contribution is -2.13. The Morgan fingerprint density at radius 1 is 1.20 bits per heavy atom. The molecule has 0 aliphatic rings. The Morgan fingerprint density at radius 3 is 2.60 bits per heavy atom. The van der Waals surface area contributed by atoms with E-state index in [1.165, 1.54) is 0 Å². The molecule has 0 aliphatic heterocycles. The van der Waals surface area contributed by atoms with Crippen LogP contribution in [0.15, 0.2) is 30.3 Å². The second-order valence-corrected chi connectivity index (χ2v) is 5.22. The van der Waals surface area contributed by atoms with Crippen LogP contribution in [0.25, 0.3) is 0 Å². The van der Waals surface area contributed by atoms with Gasteiger partial charge in [0.25, 0.3) is 0 Å². The van der Waals surface area contributed by atoms with Crippen molar-refractivity contribution in [2.45, 2.75) is 26.3 Å². The van der Waals surface area contributed by atoms with E-state index < -0.39 is 0 Å². The number of nitrogen functional groups attached to an aromatic ring is 1. The molecule has 0 unspecified atom stereocenters. The van der Waals surface area contributed by atoms with E-state index >= 15 is 0 Å². The van der Waals surface area contributed by atoms with Crippen molar-refractivity contribution >= 4 is 23.2 Å². The molecular weight excluding hydrogens is 274 g/mol. The zero-order valence-corrected chi connectivity index (χ0v) is 12.3. The Morgan fingerprint density at radius 2 is 1.95 bits per heavy atom. The van der Waals surface area contributed by atoms with E-state index in [-0.39, 0.29) is 5.92 Å². The number of nitrogens with one attached hydrogen (secondary N) is 2. The lowest BCUT2D eigenvalue weighted by atomic mass is 10.2. The number of nitrogens with two attached hydrogens (primary N) is 1. The molecule has 0 fully saturated rings. The van der Waals surface area contributed by atoms with Crippen LogP contribution >= 0.6 is 11.6 Å². The normalized spacial score (nSPS) is 10.7. The van der Waals surface area contributed by atoms with Gasteiger partial charge in [0.2, 0.25) is 0 Å². The summed E-state index contributed by atoms with van der Waals surface area (Å²) >= 11 is 5.96. The average Bonchev–Trinajstić information content (AvgIpc) is 2.45. The van der Waals surface area contributed by atoms with Crippen molar-refractivity contribution < 1.29 is 0 Å². The molecule has 0 saturated carbocycles. The van der Waals surface area contributed by atoms with Crippen LogP contribution in [0.3, 0.4) is 0 Å². The molecular formula is C14H18ClN5. The second kappa shape index (κ2) is 6.54. The molecule has 6 heteroatoms. The van der Waals surface area contributed by atoms with Crippen molar-refractivity contribution in [3.8, 4) is 0 Å². The van der Waals surface area contributed by atoms with Gasteiger partial charge in [-0.2, -0.15) is 0 Å². The van der Waals surface area contributed by atoms with Crippen molar-refractivity contribution in [1.82, 2.24) is 9.97 Å². The molecule has 0 saturated heterocycles. The quantitative estimate of drug-likeness (QED) is 0.583. The Bertz CT molecular complexity index is 586. The van der Waals surface area contributed by atoms with Gasteiger partial charge >= 0.3 is 0 Å². The summed E-state index contributed by atoms with van der Waals surface area (Å²) in [4.78, 5) is 8.78. The molecule has 1 aromatic carbocycles. The van der Waals surface area contributed by atoms with Gasteiger partial charge in [-0.3, -0.25) is 0 Å². The average molecular weight is 292 g/mol. The SMILES string of the molecule is CC(C)c1nc(NN)cc(NCc2cccc(Cl)c2)n1. The Hall–Kier alpha value is -1.85. The molecule has 106 valence electrons. The minimum absolute atomic E-state index is 0.231. The van der Waals surface area contributed by atoms with Crippen LogP contribution in [0.4, 0.5) is 11.6 Å². The van der Waals surface area contributed by atoms with E-state index in [1.807, 2.05) is 38.1 Å². The van der Waals surface area contributed by atoms with Crippen molar-refractivity contribution in [2.24, 2.45) is 5.84 Å². The van der Waals surface area contributed by atoms with Crippen molar-refractivity contribution in [2.75, 3.05) is 10.7 Å². The molecule has 0 amide bonds. The van der Waals surface area contributed by atoms with E-state index in [9.17, 15) is 0 Å². The van der Waals surface area contributed by atoms with Crippen molar-refractivity contribution in [3.05, 3.63) is 46.7 Å². The smallest absolute Gasteiger partial charge is 0.145 e. The van der Waals surface area contributed by atoms with E-state index in [0.29, 0.717) is 12.4 Å². The number of hydrogen-bond acceptors (Lipinski definition) is 5. The molecule has 1 heterocycles. The molecule has 0 aliphatic carbocycles. The molecule has 0 spiro atoms. The predicted octanol–water partition coefficient (Wildman–Crippen LogP) is 3.15. The van der Waals surface area contributed by atoms with Crippen LogP contribution < -0.4 is 16.6 Å². The third kappa shape index (κ3) is 3.82. The molecule has 4 N–H and O–H groups in total. The number of anilines is 2. The standard InChI is InChI=1S/C14H18ClN5/c1-9(2)14-18-12(7-13(19-14)20-16)17-8-10-4-3-5-11(15)6-10/h3-7,9H,8,16H2,1-2H3,(H2,17,18,19,20). The van der Waals surface area contributed by atoms with Crippen molar-refractivity contribution in [1.29, 1.82) is 0 Å². The topological polar surface area (TPSA) is 75.9 Å². The largest absolute Gasteiger partial charge is 0.366 e. The maximum Gasteiger partial charge on any atom is 0.145 e. The Labute approximate surface area is 123 Å². The van der Waals surface area contributed by atoms with Crippen LogP contribution in [-0.4, -0.2) is 9.97 Å². The number of rotatable bonds is 5. The number of aromatic nitrogens is 2. The summed E-state index contributed by atoms with van der Waals surface area (Å²) in [6.45, 7) is 4.71. The van der Waals surface area contributed by atoms with Crippen molar-refractivity contribution in [3.63, 3.8) is 0 Å². The van der Waals surface area contributed by atoms with Crippen LogP contribution in [0.5, 0.6) is 0 Å². The highest BCUT2D eigenvalue weighted by Crippen LogP contribution is 2.17. The molecule has 20 heavy (non-hydrogen) atoms. The van der Waals surface area contributed by atoms with E-state index in [1.54, 1.807) is 6.07 Å². The van der Waals surface area contributed by atoms with Gasteiger partial charge in [0.05, 0.1) is 0 Å². The van der Waals surface area contributed by atoms with Crippen LogP contribution in [0.1, 0.15) is 31.2 Å². The minimum atomic E-state index is 0.231. The number of nitrogens with zero attached hydrogens (tertiary/aromatic N) is 2. The lowest BCUT2D eigenvalue weighted by Gasteiger charge is -2.11. The molecule has 0 atom stereocenters. The molecule has 2 aromatic rings. The van der Waals surface area contributed by atoms with Crippen LogP contribution in [-0.2, 0) is 6.54 Å². The highest BCUT2D eigenvalue weighted by atomic mass is 35.5. The fourth-order valence-corrected chi connectivity index (χ4v) is 1.94. The third-order valence-electron chi connectivity index (χ3n) is 2.77. The summed E-state index contributed by atoms with van der Waals surface area (Å²) in [5, 5.41) is 3.97. The van der Waals surface area contributed by atoms with Gasteiger partial charge in [-0.1, -0.05) is 37.6 Å². The molecule has 5 nitrogen and oxygen atoms in total. The summed E-state index contributed by atoms with van der Waals surface area (Å²) in [5.74, 6) is 7.73. The third-order valence-corrected chi connectivity index (χ3v) is 3.01. The highest BCUT2D eigenvalue weighted by Gasteiger charge is 2.07. The fraction of sp³-hybridized carbons (Fsp3) is 0.286. The summed E-state index contributed by atoms with van der Waals surface area (Å²) < 4.78 is 0. The lowest BCUT2D eigenvalue weighted by molar-refractivity contribution is 0.775. The number of hydrazine groups is 1. The fourth-order valence-electron chi connectivity index (χ4n) is 1.73. The maximum atomic E-state index is 5.96. The highest BCUT2D eigenvalue weighted by molar-refractivity contribution is 6.30. The maximum absolute atomic E-state index is 5.96. The summed E-state index contributed by atoms with van der Waals surface area (Å²) in [6, 6.07) is 9.47. The zero-order chi connectivity index (χ0) is 14.5. The molecule has 0 radical (unpaired) electrons. The number of halogens is 1. The monoisotopic (exact) mass is 291 g/mol. The van der Waals surface area contributed by atoms with E-state index in [4.69, 9.17) is 17.4 Å². The Balaban J connectivity index is 2.14. The van der Waals surface area contributed by atoms with Gasteiger partial charge in [-0.15, -0.1) is 0 Å². The van der Waals surface area contributed by atoms with Gasteiger partial charge in [0.15, 0.2) is 0 Å². The molecule has 1 aromatic heterocycles. The first-order valence-corrected chi connectivity index (χ1v) is 6.80. The molecule has 2 rings (SSSR count). The summed E-state index contributed by atoms with van der Waals surface area (Å²) in [6.07, 6.45) is 0.